The summed E-state index contributed by atoms with van der Waals surface area (Å²) in [6.07, 6.45) is 0. The maximum absolute atomic E-state index is 2.45. The third-order valence-corrected chi connectivity index (χ3v) is 11.2. The molecule has 51 heavy (non-hydrogen) atoms. The SMILES string of the molecule is CC1(C)c2cc(-c3cccc(-c4c5ccccc5c(-c5ccc(-c6ccccc6)cc5)c5ccccc45)c3)ccc2-c2ccc3ccccc3c21. The lowest BCUT2D eigenvalue weighted by Crippen LogP contribution is -2.15. The van der Waals surface area contributed by atoms with E-state index >= 15 is 0 Å². The van der Waals surface area contributed by atoms with Crippen molar-refractivity contribution in [2.75, 3.05) is 0 Å². The van der Waals surface area contributed by atoms with E-state index in [1.165, 1.54) is 99.1 Å². The Morgan fingerprint density at radius 3 is 1.47 bits per heavy atom. The van der Waals surface area contributed by atoms with Gasteiger partial charge in [0.2, 0.25) is 0 Å². The molecule has 0 heteroatoms. The van der Waals surface area contributed by atoms with Gasteiger partial charge >= 0.3 is 0 Å². The highest BCUT2D eigenvalue weighted by Gasteiger charge is 2.37. The van der Waals surface area contributed by atoms with Crippen LogP contribution in [0.3, 0.4) is 0 Å². The molecule has 0 unspecified atom stereocenters. The Hall–Kier alpha value is -6.24. The average molecular weight is 649 g/mol. The molecule has 10 rings (SSSR count). The van der Waals surface area contributed by atoms with Crippen LogP contribution in [0.5, 0.6) is 0 Å². The highest BCUT2D eigenvalue weighted by atomic mass is 14.4. The maximum atomic E-state index is 2.45. The smallest absolute Gasteiger partial charge is 0.0165 e. The quantitative estimate of drug-likeness (QED) is 0.167. The summed E-state index contributed by atoms with van der Waals surface area (Å²) in [5, 5.41) is 7.75. The summed E-state index contributed by atoms with van der Waals surface area (Å²) in [4.78, 5) is 0. The molecule has 0 aliphatic heterocycles. The number of hydrogen-bond acceptors (Lipinski definition) is 0. The Bertz CT molecular complexity index is 2740. The van der Waals surface area contributed by atoms with Crippen LogP contribution in [0.1, 0.15) is 25.0 Å². The lowest BCUT2D eigenvalue weighted by atomic mass is 9.79. The van der Waals surface area contributed by atoms with Crippen molar-refractivity contribution in [2.45, 2.75) is 19.3 Å². The number of benzene rings is 9. The Balaban J connectivity index is 1.12. The van der Waals surface area contributed by atoms with E-state index in [9.17, 15) is 0 Å². The van der Waals surface area contributed by atoms with Crippen LogP contribution in [0.4, 0.5) is 0 Å². The predicted octanol–water partition coefficient (Wildman–Crippen LogP) is 14.1. The molecule has 0 saturated carbocycles. The Morgan fingerprint density at radius 2 is 0.784 bits per heavy atom. The van der Waals surface area contributed by atoms with Crippen molar-refractivity contribution in [3.05, 3.63) is 193 Å². The molecule has 0 aromatic heterocycles. The molecule has 0 heterocycles. The summed E-state index contributed by atoms with van der Waals surface area (Å²) < 4.78 is 0. The van der Waals surface area contributed by atoms with Gasteiger partial charge in [-0.2, -0.15) is 0 Å². The third-order valence-electron chi connectivity index (χ3n) is 11.2. The molecule has 1 aliphatic rings. The average Bonchev–Trinajstić information content (AvgIpc) is 3.43. The van der Waals surface area contributed by atoms with E-state index < -0.39 is 0 Å². The van der Waals surface area contributed by atoms with Gasteiger partial charge in [-0.05, 0) is 111 Å². The van der Waals surface area contributed by atoms with Crippen LogP contribution in [0.25, 0.3) is 88.0 Å². The summed E-state index contributed by atoms with van der Waals surface area (Å²) in [5.74, 6) is 0. The number of rotatable bonds is 4. The lowest BCUT2D eigenvalue weighted by Gasteiger charge is -2.23. The van der Waals surface area contributed by atoms with E-state index in [4.69, 9.17) is 0 Å². The third kappa shape index (κ3) is 4.60. The standard InChI is InChI=1S/C51H36/c1-51(2)47-32-38(28-29-41(47)46-30-27-35-15-6-7-18-40(35)50(46)51)37-16-12-17-39(31-37)49-44-21-10-8-19-42(44)48(43-20-9-11-22-45(43)49)36-25-23-34(24-26-36)33-13-4-3-5-14-33/h3-32H,1-2H3. The fraction of sp³-hybridized carbons (Fsp3) is 0.0588. The molecule has 0 radical (unpaired) electrons. The largest absolute Gasteiger partial charge is 0.0622 e. The molecule has 0 N–H and O–H groups in total. The molecular formula is C51H36. The van der Waals surface area contributed by atoms with Crippen LogP contribution in [0.2, 0.25) is 0 Å². The highest BCUT2D eigenvalue weighted by Crippen LogP contribution is 2.52. The molecule has 0 spiro atoms. The van der Waals surface area contributed by atoms with E-state index in [0.717, 1.165) is 0 Å². The van der Waals surface area contributed by atoms with Gasteiger partial charge in [-0.3, -0.25) is 0 Å². The Morgan fingerprint density at radius 1 is 0.314 bits per heavy atom. The second-order valence-corrected chi connectivity index (χ2v) is 14.5. The van der Waals surface area contributed by atoms with Gasteiger partial charge in [-0.25, -0.2) is 0 Å². The molecule has 0 nitrogen and oxygen atoms in total. The van der Waals surface area contributed by atoms with Crippen LogP contribution in [-0.4, -0.2) is 0 Å². The van der Waals surface area contributed by atoms with Crippen molar-refractivity contribution >= 4 is 32.3 Å². The topological polar surface area (TPSA) is 0 Å². The van der Waals surface area contributed by atoms with Crippen LogP contribution < -0.4 is 0 Å². The molecule has 9 aromatic rings. The van der Waals surface area contributed by atoms with Gasteiger partial charge in [0, 0.05) is 5.41 Å². The second-order valence-electron chi connectivity index (χ2n) is 14.5. The second kappa shape index (κ2) is 11.4. The van der Waals surface area contributed by atoms with Gasteiger partial charge in [-0.15, -0.1) is 0 Å². The van der Waals surface area contributed by atoms with E-state index in [0.29, 0.717) is 0 Å². The summed E-state index contributed by atoms with van der Waals surface area (Å²) >= 11 is 0. The van der Waals surface area contributed by atoms with Crippen LogP contribution in [0.15, 0.2) is 182 Å². The number of fused-ring (bicyclic) bond motifs is 7. The fourth-order valence-electron chi connectivity index (χ4n) is 8.84. The first kappa shape index (κ1) is 29.7. The lowest BCUT2D eigenvalue weighted by molar-refractivity contribution is 0.666. The number of hydrogen-bond donors (Lipinski definition) is 0. The summed E-state index contributed by atoms with van der Waals surface area (Å²) in [5.41, 5.74) is 15.5. The molecule has 1 aliphatic carbocycles. The van der Waals surface area contributed by atoms with Gasteiger partial charge < -0.3 is 0 Å². The zero-order chi connectivity index (χ0) is 34.1. The molecule has 0 amide bonds. The minimum absolute atomic E-state index is 0.0965. The van der Waals surface area contributed by atoms with Crippen molar-refractivity contribution in [3.63, 3.8) is 0 Å². The molecule has 0 atom stereocenters. The molecule has 0 bridgehead atoms. The van der Waals surface area contributed by atoms with Crippen molar-refractivity contribution in [3.8, 4) is 55.6 Å². The first-order valence-corrected chi connectivity index (χ1v) is 17.9. The van der Waals surface area contributed by atoms with Crippen molar-refractivity contribution in [2.24, 2.45) is 0 Å². The van der Waals surface area contributed by atoms with Gasteiger partial charge in [0.25, 0.3) is 0 Å². The molecule has 0 saturated heterocycles. The molecule has 0 fully saturated rings. The van der Waals surface area contributed by atoms with Gasteiger partial charge in [0.1, 0.15) is 0 Å². The molecule has 240 valence electrons. The van der Waals surface area contributed by atoms with Crippen molar-refractivity contribution < 1.29 is 0 Å². The first-order valence-electron chi connectivity index (χ1n) is 17.9. The monoisotopic (exact) mass is 648 g/mol. The Labute approximate surface area is 299 Å². The molecular weight excluding hydrogens is 613 g/mol. The minimum atomic E-state index is -0.0965. The van der Waals surface area contributed by atoms with E-state index in [-0.39, 0.29) is 5.41 Å². The fourth-order valence-corrected chi connectivity index (χ4v) is 8.84. The summed E-state index contributed by atoms with van der Waals surface area (Å²) in [6, 6.07) is 67.3. The maximum Gasteiger partial charge on any atom is 0.0165 e. The summed E-state index contributed by atoms with van der Waals surface area (Å²) in [7, 11) is 0. The zero-order valence-corrected chi connectivity index (χ0v) is 28.8. The highest BCUT2D eigenvalue weighted by molar-refractivity contribution is 6.21. The first-order chi connectivity index (χ1) is 25.1. The normalized spacial score (nSPS) is 13.1. The van der Waals surface area contributed by atoms with Crippen molar-refractivity contribution in [1.29, 1.82) is 0 Å². The Kier molecular flexibility index (Phi) is 6.63. The predicted molar refractivity (Wildman–Crippen MR) is 218 cm³/mol. The van der Waals surface area contributed by atoms with Crippen LogP contribution in [-0.2, 0) is 5.41 Å². The van der Waals surface area contributed by atoms with E-state index in [1.54, 1.807) is 0 Å². The van der Waals surface area contributed by atoms with Gasteiger partial charge in [0.05, 0.1) is 0 Å². The van der Waals surface area contributed by atoms with E-state index in [2.05, 4.69) is 196 Å². The zero-order valence-electron chi connectivity index (χ0n) is 28.8. The van der Waals surface area contributed by atoms with Crippen LogP contribution >= 0.6 is 0 Å². The van der Waals surface area contributed by atoms with Crippen molar-refractivity contribution in [1.82, 2.24) is 0 Å². The minimum Gasteiger partial charge on any atom is -0.0622 e. The van der Waals surface area contributed by atoms with Crippen LogP contribution in [0, 0.1) is 0 Å². The molecule has 9 aromatic carbocycles. The van der Waals surface area contributed by atoms with E-state index in [1.807, 2.05) is 0 Å². The van der Waals surface area contributed by atoms with Gasteiger partial charge in [0.15, 0.2) is 0 Å². The summed E-state index contributed by atoms with van der Waals surface area (Å²) in [6.45, 7) is 4.78. The van der Waals surface area contributed by atoms with Gasteiger partial charge in [-0.1, -0.05) is 184 Å².